The number of carbonyl (C=O) groups is 1. The van der Waals surface area contributed by atoms with Crippen LogP contribution in [0.15, 0.2) is 88.7 Å². The molecular weight excluding hydrogens is 422 g/mol. The molecule has 0 spiro atoms. The van der Waals surface area contributed by atoms with Crippen LogP contribution in [0.5, 0.6) is 5.75 Å². The summed E-state index contributed by atoms with van der Waals surface area (Å²) in [5, 5.41) is 13.1. The Morgan fingerprint density at radius 1 is 1.03 bits per heavy atom. The first kappa shape index (κ1) is 21.8. The summed E-state index contributed by atoms with van der Waals surface area (Å²) >= 11 is 0. The molecule has 0 atom stereocenters. The summed E-state index contributed by atoms with van der Waals surface area (Å²) in [5.41, 5.74) is 2.61. The molecule has 0 aliphatic heterocycles. The molecule has 0 aliphatic carbocycles. The number of ether oxygens (including phenoxy) is 1. The number of benzene rings is 2. The zero-order chi connectivity index (χ0) is 23.0. The Labute approximate surface area is 190 Å². The van der Waals surface area contributed by atoms with Crippen LogP contribution in [0.1, 0.15) is 22.6 Å². The Balaban J connectivity index is 1.33. The van der Waals surface area contributed by atoms with Crippen LogP contribution in [0, 0.1) is 6.92 Å². The van der Waals surface area contributed by atoms with Crippen molar-refractivity contribution in [2.24, 2.45) is 5.16 Å². The average Bonchev–Trinajstić information content (AvgIpc) is 3.22. The van der Waals surface area contributed by atoms with Crippen LogP contribution < -0.4 is 4.74 Å². The van der Waals surface area contributed by atoms with Crippen molar-refractivity contribution in [3.05, 3.63) is 102 Å². The van der Waals surface area contributed by atoms with Gasteiger partial charge < -0.3 is 19.1 Å². The highest BCUT2D eigenvalue weighted by molar-refractivity contribution is 6.42. The van der Waals surface area contributed by atoms with Crippen LogP contribution in [0.25, 0.3) is 11.5 Å². The Kier molecular flexibility index (Phi) is 6.75. The van der Waals surface area contributed by atoms with Gasteiger partial charge in [-0.1, -0.05) is 35.5 Å². The Morgan fingerprint density at radius 2 is 1.82 bits per heavy atom. The van der Waals surface area contributed by atoms with Crippen LogP contribution in [0.3, 0.4) is 0 Å². The van der Waals surface area contributed by atoms with E-state index in [-0.39, 0.29) is 18.9 Å². The number of carboxylic acids is 1. The van der Waals surface area contributed by atoms with Crippen LogP contribution in [0.2, 0.25) is 0 Å². The molecule has 8 heteroatoms. The molecule has 0 aliphatic rings. The summed E-state index contributed by atoms with van der Waals surface area (Å²) in [5.74, 6) is 0.740. The molecule has 4 rings (SSSR count). The van der Waals surface area contributed by atoms with E-state index in [1.165, 1.54) is 6.20 Å². The second-order valence-electron chi connectivity index (χ2n) is 7.08. The first-order valence-electron chi connectivity index (χ1n) is 10.2. The van der Waals surface area contributed by atoms with Crippen LogP contribution in [-0.4, -0.2) is 26.8 Å². The highest BCUT2D eigenvalue weighted by Crippen LogP contribution is 2.23. The van der Waals surface area contributed by atoms with Gasteiger partial charge in [0, 0.05) is 23.5 Å². The van der Waals surface area contributed by atoms with E-state index in [9.17, 15) is 9.90 Å². The number of rotatable bonds is 9. The number of oxime groups is 1. The fourth-order valence-corrected chi connectivity index (χ4v) is 2.99. The Morgan fingerprint density at radius 3 is 2.52 bits per heavy atom. The summed E-state index contributed by atoms with van der Waals surface area (Å²) < 4.78 is 11.6. The smallest absolute Gasteiger partial charge is 0.358 e. The number of aliphatic carboxylic acids is 1. The van der Waals surface area contributed by atoms with Gasteiger partial charge in [0.1, 0.15) is 30.4 Å². The van der Waals surface area contributed by atoms with Crippen molar-refractivity contribution < 1.29 is 23.9 Å². The van der Waals surface area contributed by atoms with Crippen molar-refractivity contribution in [1.82, 2.24) is 9.97 Å². The number of hydrogen-bond acceptors (Lipinski definition) is 7. The minimum Gasteiger partial charge on any atom is -0.487 e. The highest BCUT2D eigenvalue weighted by Gasteiger charge is 2.14. The summed E-state index contributed by atoms with van der Waals surface area (Å²) in [6, 6.07) is 20.2. The van der Waals surface area contributed by atoms with Crippen LogP contribution in [-0.2, 0) is 22.8 Å². The molecule has 0 saturated carbocycles. The van der Waals surface area contributed by atoms with E-state index in [0.717, 1.165) is 16.8 Å². The maximum absolute atomic E-state index is 11.4. The lowest BCUT2D eigenvalue weighted by Gasteiger charge is -2.06. The lowest BCUT2D eigenvalue weighted by molar-refractivity contribution is -0.129. The second-order valence-corrected chi connectivity index (χ2v) is 7.08. The van der Waals surface area contributed by atoms with Gasteiger partial charge in [0.25, 0.3) is 0 Å². The minimum absolute atomic E-state index is 0.111. The van der Waals surface area contributed by atoms with Gasteiger partial charge in [0.15, 0.2) is 5.71 Å². The largest absolute Gasteiger partial charge is 0.487 e. The van der Waals surface area contributed by atoms with E-state index in [1.807, 2.05) is 49.4 Å². The monoisotopic (exact) mass is 443 g/mol. The van der Waals surface area contributed by atoms with E-state index in [4.69, 9.17) is 14.0 Å². The van der Waals surface area contributed by atoms with Crippen molar-refractivity contribution in [3.8, 4) is 17.2 Å². The standard InChI is InChI=1S/C25H21N3O5/c1-17-22(27-24(33-17)19-6-3-2-4-7-19)16-31-21-11-9-18(10-12-21)15-32-28-23(25(29)30)20-8-5-13-26-14-20/h2-14H,15-16H2,1H3,(H,29,30). The van der Waals surface area contributed by atoms with E-state index >= 15 is 0 Å². The number of hydrogen-bond donors (Lipinski definition) is 1. The number of carboxylic acid groups (broad SMARTS) is 1. The van der Waals surface area contributed by atoms with Gasteiger partial charge >= 0.3 is 5.97 Å². The summed E-state index contributed by atoms with van der Waals surface area (Å²) in [6.45, 7) is 2.24. The predicted molar refractivity (Wildman–Crippen MR) is 121 cm³/mol. The van der Waals surface area contributed by atoms with Crippen molar-refractivity contribution >= 4 is 11.7 Å². The highest BCUT2D eigenvalue weighted by atomic mass is 16.6. The van der Waals surface area contributed by atoms with E-state index in [2.05, 4.69) is 15.1 Å². The zero-order valence-electron chi connectivity index (χ0n) is 17.8. The third-order valence-electron chi connectivity index (χ3n) is 4.74. The van der Waals surface area contributed by atoms with Crippen LogP contribution in [0.4, 0.5) is 0 Å². The zero-order valence-corrected chi connectivity index (χ0v) is 17.8. The van der Waals surface area contributed by atoms with E-state index in [0.29, 0.717) is 23.0 Å². The first-order chi connectivity index (χ1) is 16.1. The Bertz CT molecular complexity index is 1240. The molecule has 8 nitrogen and oxygen atoms in total. The molecule has 33 heavy (non-hydrogen) atoms. The molecule has 0 amide bonds. The van der Waals surface area contributed by atoms with Gasteiger partial charge in [0.2, 0.25) is 5.89 Å². The van der Waals surface area contributed by atoms with Gasteiger partial charge in [-0.05, 0) is 48.9 Å². The van der Waals surface area contributed by atoms with Gasteiger partial charge in [-0.15, -0.1) is 0 Å². The average molecular weight is 443 g/mol. The van der Waals surface area contributed by atoms with Crippen molar-refractivity contribution in [2.75, 3.05) is 0 Å². The molecule has 4 aromatic rings. The van der Waals surface area contributed by atoms with Gasteiger partial charge in [0.05, 0.1) is 0 Å². The molecule has 0 unspecified atom stereocenters. The molecule has 166 valence electrons. The van der Waals surface area contributed by atoms with E-state index in [1.54, 1.807) is 30.5 Å². The topological polar surface area (TPSA) is 107 Å². The molecule has 1 N–H and O–H groups in total. The lowest BCUT2D eigenvalue weighted by atomic mass is 10.2. The third-order valence-corrected chi connectivity index (χ3v) is 4.74. The number of aromatic nitrogens is 2. The first-order valence-corrected chi connectivity index (χ1v) is 10.2. The van der Waals surface area contributed by atoms with Gasteiger partial charge in [-0.25, -0.2) is 9.78 Å². The summed E-state index contributed by atoms with van der Waals surface area (Å²) in [6.07, 6.45) is 2.97. The summed E-state index contributed by atoms with van der Waals surface area (Å²) in [7, 11) is 0. The fourth-order valence-electron chi connectivity index (χ4n) is 2.99. The maximum Gasteiger partial charge on any atom is 0.358 e. The molecule has 2 heterocycles. The molecule has 2 aromatic heterocycles. The Hall–Kier alpha value is -4.46. The predicted octanol–water partition coefficient (Wildman–Crippen LogP) is 4.63. The van der Waals surface area contributed by atoms with Gasteiger partial charge in [-0.3, -0.25) is 4.98 Å². The van der Waals surface area contributed by atoms with Crippen molar-refractivity contribution in [1.29, 1.82) is 0 Å². The molecular formula is C25H21N3O5. The quantitative estimate of drug-likeness (QED) is 0.297. The van der Waals surface area contributed by atoms with Crippen LogP contribution >= 0.6 is 0 Å². The molecule has 2 aromatic carbocycles. The molecule has 0 saturated heterocycles. The molecule has 0 bridgehead atoms. The fraction of sp³-hybridized carbons (Fsp3) is 0.120. The minimum atomic E-state index is -1.19. The van der Waals surface area contributed by atoms with Gasteiger partial charge in [-0.2, -0.15) is 0 Å². The summed E-state index contributed by atoms with van der Waals surface area (Å²) in [4.78, 5) is 25.1. The molecule has 0 radical (unpaired) electrons. The SMILES string of the molecule is Cc1oc(-c2ccccc2)nc1COc1ccc(CON=C(C(=O)O)c2cccnc2)cc1. The number of nitrogens with zero attached hydrogens (tertiary/aromatic N) is 3. The number of pyridine rings is 1. The number of aryl methyl sites for hydroxylation is 1. The van der Waals surface area contributed by atoms with Crippen molar-refractivity contribution in [2.45, 2.75) is 20.1 Å². The lowest BCUT2D eigenvalue weighted by Crippen LogP contribution is -2.15. The van der Waals surface area contributed by atoms with Crippen molar-refractivity contribution in [3.63, 3.8) is 0 Å². The number of oxazole rings is 1. The second kappa shape index (κ2) is 10.2. The maximum atomic E-state index is 11.4. The normalized spacial score (nSPS) is 11.2. The van der Waals surface area contributed by atoms with E-state index < -0.39 is 5.97 Å². The molecule has 0 fully saturated rings. The third kappa shape index (κ3) is 5.62.